The van der Waals surface area contributed by atoms with Crippen molar-refractivity contribution in [1.29, 1.82) is 0 Å². The summed E-state index contributed by atoms with van der Waals surface area (Å²) in [5.41, 5.74) is 1.02. The lowest BCUT2D eigenvalue weighted by molar-refractivity contribution is -0.138. The number of hydrogen-bond acceptors (Lipinski definition) is 3. The summed E-state index contributed by atoms with van der Waals surface area (Å²) in [6, 6.07) is 7.24. The molecule has 0 atom stereocenters. The van der Waals surface area contributed by atoms with E-state index in [0.29, 0.717) is 12.2 Å². The van der Waals surface area contributed by atoms with Gasteiger partial charge < -0.3 is 4.74 Å². The molecular weight excluding hydrogens is 228 g/mol. The number of aryl methyl sites for hydroxylation is 1. The van der Waals surface area contributed by atoms with Gasteiger partial charge in [-0.3, -0.25) is 9.59 Å². The zero-order valence-corrected chi connectivity index (χ0v) is 11.1. The summed E-state index contributed by atoms with van der Waals surface area (Å²) in [5.74, 6) is -0.00967. The summed E-state index contributed by atoms with van der Waals surface area (Å²) >= 11 is 0. The Balaban J connectivity index is 2.35. The second kappa shape index (κ2) is 7.64. The molecule has 0 saturated carbocycles. The highest BCUT2D eigenvalue weighted by Crippen LogP contribution is 2.13. The van der Waals surface area contributed by atoms with Crippen LogP contribution >= 0.6 is 0 Å². The fourth-order valence-electron chi connectivity index (χ4n) is 1.67. The Morgan fingerprint density at radius 1 is 1.22 bits per heavy atom. The third-order valence-corrected chi connectivity index (χ3v) is 2.62. The third kappa shape index (κ3) is 5.62. The molecule has 0 heterocycles. The molecule has 0 aromatic heterocycles. The fraction of sp³-hybridized carbons (Fsp3) is 0.467. The number of benzene rings is 1. The summed E-state index contributed by atoms with van der Waals surface area (Å²) in [5, 5.41) is 0. The van der Waals surface area contributed by atoms with Crippen LogP contribution in [0.4, 0.5) is 0 Å². The molecule has 0 aliphatic heterocycles. The van der Waals surface area contributed by atoms with Gasteiger partial charge in [0.15, 0.2) is 0 Å². The summed E-state index contributed by atoms with van der Waals surface area (Å²) in [6.07, 6.45) is 3.29. The fourth-order valence-corrected chi connectivity index (χ4v) is 1.67. The number of hydrogen-bond donors (Lipinski definition) is 0. The van der Waals surface area contributed by atoms with Crippen molar-refractivity contribution in [2.75, 3.05) is 0 Å². The van der Waals surface area contributed by atoms with E-state index >= 15 is 0 Å². The third-order valence-electron chi connectivity index (χ3n) is 2.62. The van der Waals surface area contributed by atoms with Gasteiger partial charge in [0.25, 0.3) is 0 Å². The van der Waals surface area contributed by atoms with Crippen LogP contribution in [0.3, 0.4) is 0 Å². The molecule has 0 amide bonds. The first kappa shape index (κ1) is 14.4. The molecule has 0 aliphatic rings. The van der Waals surface area contributed by atoms with Crippen LogP contribution in [0.1, 0.15) is 44.6 Å². The number of carbonyl (C=O) groups is 2. The molecular formula is C15H20O3. The van der Waals surface area contributed by atoms with Crippen LogP contribution in [0, 0.1) is 6.92 Å². The summed E-state index contributed by atoms with van der Waals surface area (Å²) in [4.78, 5) is 23.0. The van der Waals surface area contributed by atoms with Crippen LogP contribution in [0.25, 0.3) is 0 Å². The van der Waals surface area contributed by atoms with Crippen LogP contribution in [0.15, 0.2) is 24.3 Å². The van der Waals surface area contributed by atoms with E-state index in [1.807, 2.05) is 19.1 Å². The lowest BCUT2D eigenvalue weighted by atomic mass is 10.1. The van der Waals surface area contributed by atoms with Crippen molar-refractivity contribution in [3.05, 3.63) is 29.8 Å². The van der Waals surface area contributed by atoms with Gasteiger partial charge >= 0.3 is 5.97 Å². The lowest BCUT2D eigenvalue weighted by Crippen LogP contribution is -2.13. The van der Waals surface area contributed by atoms with Gasteiger partial charge in [0.05, 0.1) is 0 Å². The highest BCUT2D eigenvalue weighted by Gasteiger charge is 2.11. The van der Waals surface area contributed by atoms with Gasteiger partial charge in [-0.1, -0.05) is 31.9 Å². The Labute approximate surface area is 108 Å². The topological polar surface area (TPSA) is 43.4 Å². The van der Waals surface area contributed by atoms with Crippen LogP contribution in [0.5, 0.6) is 5.75 Å². The second-order valence-corrected chi connectivity index (χ2v) is 4.46. The van der Waals surface area contributed by atoms with Crippen molar-refractivity contribution in [2.24, 2.45) is 0 Å². The van der Waals surface area contributed by atoms with Gasteiger partial charge in [0, 0.05) is 6.42 Å². The maximum absolute atomic E-state index is 11.5. The quantitative estimate of drug-likeness (QED) is 0.321. The van der Waals surface area contributed by atoms with Crippen LogP contribution in [-0.4, -0.2) is 11.8 Å². The number of ketones is 1. The van der Waals surface area contributed by atoms with Crippen molar-refractivity contribution >= 4 is 11.8 Å². The van der Waals surface area contributed by atoms with E-state index in [2.05, 4.69) is 6.92 Å². The Hall–Kier alpha value is -1.64. The predicted octanol–water partition coefficient (Wildman–Crippen LogP) is 3.44. The molecule has 1 aromatic carbocycles. The van der Waals surface area contributed by atoms with Crippen LogP contribution in [0.2, 0.25) is 0 Å². The summed E-state index contributed by atoms with van der Waals surface area (Å²) in [6.45, 7) is 4.00. The van der Waals surface area contributed by atoms with E-state index in [-0.39, 0.29) is 12.2 Å². The van der Waals surface area contributed by atoms with E-state index < -0.39 is 5.97 Å². The van der Waals surface area contributed by atoms with E-state index in [1.54, 1.807) is 12.1 Å². The van der Waals surface area contributed by atoms with E-state index in [4.69, 9.17) is 4.74 Å². The lowest BCUT2D eigenvalue weighted by Gasteiger charge is -2.04. The molecule has 3 heteroatoms. The van der Waals surface area contributed by atoms with Crippen molar-refractivity contribution in [2.45, 2.75) is 46.0 Å². The van der Waals surface area contributed by atoms with Crippen LogP contribution in [-0.2, 0) is 9.59 Å². The number of esters is 1. The smallest absolute Gasteiger partial charge is 0.318 e. The Morgan fingerprint density at radius 3 is 2.67 bits per heavy atom. The highest BCUT2D eigenvalue weighted by molar-refractivity contribution is 5.96. The highest BCUT2D eigenvalue weighted by atomic mass is 16.5. The zero-order chi connectivity index (χ0) is 13.4. The molecule has 0 N–H and O–H groups in total. The SMILES string of the molecule is CCCCCC(=O)CC(=O)Oc1cccc(C)c1. The molecule has 0 aliphatic carbocycles. The minimum Gasteiger partial charge on any atom is -0.426 e. The van der Waals surface area contributed by atoms with Crippen LogP contribution < -0.4 is 4.74 Å². The number of unbranched alkanes of at least 4 members (excludes halogenated alkanes) is 2. The summed E-state index contributed by atoms with van der Waals surface area (Å²) in [7, 11) is 0. The van der Waals surface area contributed by atoms with Gasteiger partial charge in [-0.25, -0.2) is 0 Å². The Kier molecular flexibility index (Phi) is 6.12. The van der Waals surface area contributed by atoms with Crippen molar-refractivity contribution in [3.63, 3.8) is 0 Å². The number of carbonyl (C=O) groups excluding carboxylic acids is 2. The molecule has 18 heavy (non-hydrogen) atoms. The predicted molar refractivity (Wildman–Crippen MR) is 70.6 cm³/mol. The second-order valence-electron chi connectivity index (χ2n) is 4.46. The molecule has 0 radical (unpaired) electrons. The number of rotatable bonds is 7. The first-order valence-electron chi connectivity index (χ1n) is 6.41. The maximum Gasteiger partial charge on any atom is 0.318 e. The molecule has 1 aromatic rings. The average molecular weight is 248 g/mol. The monoisotopic (exact) mass is 248 g/mol. The maximum atomic E-state index is 11.5. The van der Waals surface area contributed by atoms with Gasteiger partial charge in [-0.05, 0) is 31.0 Å². The minimum atomic E-state index is -0.470. The Morgan fingerprint density at radius 2 is 2.00 bits per heavy atom. The van der Waals surface area contributed by atoms with Crippen molar-refractivity contribution in [3.8, 4) is 5.75 Å². The molecule has 0 fully saturated rings. The largest absolute Gasteiger partial charge is 0.426 e. The zero-order valence-electron chi connectivity index (χ0n) is 11.1. The average Bonchev–Trinajstić information content (AvgIpc) is 2.29. The van der Waals surface area contributed by atoms with Gasteiger partial charge in [-0.2, -0.15) is 0 Å². The van der Waals surface area contributed by atoms with Gasteiger partial charge in [0.1, 0.15) is 18.0 Å². The van der Waals surface area contributed by atoms with Gasteiger partial charge in [0.2, 0.25) is 0 Å². The summed E-state index contributed by atoms with van der Waals surface area (Å²) < 4.78 is 5.11. The molecule has 98 valence electrons. The number of Topliss-reactive ketones (excluding diaryl/α,β-unsaturated/α-hetero) is 1. The van der Waals surface area contributed by atoms with Crippen molar-refractivity contribution < 1.29 is 14.3 Å². The normalized spacial score (nSPS) is 10.1. The number of ether oxygens (including phenoxy) is 1. The molecule has 1 rings (SSSR count). The first-order chi connectivity index (χ1) is 8.61. The molecule has 0 bridgehead atoms. The molecule has 0 unspecified atom stereocenters. The van der Waals surface area contributed by atoms with Crippen molar-refractivity contribution in [1.82, 2.24) is 0 Å². The first-order valence-corrected chi connectivity index (χ1v) is 6.41. The van der Waals surface area contributed by atoms with E-state index in [9.17, 15) is 9.59 Å². The molecule has 0 spiro atoms. The molecule has 0 saturated heterocycles. The minimum absolute atomic E-state index is 0.0406. The van der Waals surface area contributed by atoms with Gasteiger partial charge in [-0.15, -0.1) is 0 Å². The molecule has 3 nitrogen and oxygen atoms in total. The van der Waals surface area contributed by atoms with E-state index in [1.165, 1.54) is 0 Å². The van der Waals surface area contributed by atoms with E-state index in [0.717, 1.165) is 24.8 Å². The standard InChI is InChI=1S/C15H20O3/c1-3-4-5-8-13(16)11-15(17)18-14-9-6-7-12(2)10-14/h6-7,9-10H,3-5,8,11H2,1-2H3. The Bertz CT molecular complexity index is 410.